The van der Waals surface area contributed by atoms with Crippen molar-refractivity contribution >= 4 is 11.6 Å². The number of benzene rings is 1. The average molecular weight is 274 g/mol. The van der Waals surface area contributed by atoms with Crippen LogP contribution in [0.4, 0.5) is 0 Å². The summed E-state index contributed by atoms with van der Waals surface area (Å²) in [6.45, 7) is 2.20. The quantitative estimate of drug-likeness (QED) is 0.715. The Hall–Kier alpha value is -1.32. The highest BCUT2D eigenvalue weighted by Crippen LogP contribution is 2.38. The second kappa shape index (κ2) is 4.36. The van der Waals surface area contributed by atoms with Crippen LogP contribution in [0, 0.1) is 0 Å². The van der Waals surface area contributed by atoms with Crippen LogP contribution >= 0.6 is 11.6 Å². The standard InChI is InChI=1S/C15H16ClN3/c16-11-1-2-12-10(7-11)8-13-14(12)19-15(18-13)9-3-5-17-6-4-9/h1-2,7,9,17H,3-6,8H2,(H,18,19). The second-order valence-electron chi connectivity index (χ2n) is 5.45. The van der Waals surface area contributed by atoms with Crippen molar-refractivity contribution in [3.8, 4) is 11.3 Å². The molecule has 0 atom stereocenters. The molecule has 0 saturated carbocycles. The minimum absolute atomic E-state index is 0.586. The number of nitrogens with one attached hydrogen (secondary N) is 2. The van der Waals surface area contributed by atoms with E-state index < -0.39 is 0 Å². The van der Waals surface area contributed by atoms with E-state index in [1.54, 1.807) is 0 Å². The van der Waals surface area contributed by atoms with Crippen molar-refractivity contribution in [2.75, 3.05) is 13.1 Å². The van der Waals surface area contributed by atoms with Crippen molar-refractivity contribution in [1.29, 1.82) is 0 Å². The Morgan fingerprint density at radius 1 is 1.21 bits per heavy atom. The predicted molar refractivity (Wildman–Crippen MR) is 76.7 cm³/mol. The van der Waals surface area contributed by atoms with Crippen LogP contribution in [0.25, 0.3) is 11.3 Å². The van der Waals surface area contributed by atoms with Crippen LogP contribution < -0.4 is 5.32 Å². The van der Waals surface area contributed by atoms with Crippen molar-refractivity contribution in [2.24, 2.45) is 0 Å². The molecule has 1 aromatic heterocycles. The van der Waals surface area contributed by atoms with Crippen molar-refractivity contribution in [3.05, 3.63) is 40.3 Å². The van der Waals surface area contributed by atoms with E-state index in [9.17, 15) is 0 Å². The lowest BCUT2D eigenvalue weighted by atomic mass is 9.97. The zero-order valence-electron chi connectivity index (χ0n) is 10.7. The van der Waals surface area contributed by atoms with Gasteiger partial charge >= 0.3 is 0 Å². The number of H-pyrrole nitrogens is 1. The smallest absolute Gasteiger partial charge is 0.110 e. The predicted octanol–water partition coefficient (Wildman–Crippen LogP) is 3.10. The van der Waals surface area contributed by atoms with Gasteiger partial charge in [-0.15, -0.1) is 0 Å². The molecule has 2 heterocycles. The molecule has 3 nitrogen and oxygen atoms in total. The molecule has 2 N–H and O–H groups in total. The van der Waals surface area contributed by atoms with Crippen molar-refractivity contribution in [2.45, 2.75) is 25.2 Å². The average Bonchev–Trinajstić information content (AvgIpc) is 2.96. The largest absolute Gasteiger partial charge is 0.345 e. The van der Waals surface area contributed by atoms with Gasteiger partial charge in [-0.1, -0.05) is 17.7 Å². The van der Waals surface area contributed by atoms with E-state index in [1.165, 1.54) is 35.5 Å². The zero-order valence-corrected chi connectivity index (χ0v) is 11.4. The van der Waals surface area contributed by atoms with Crippen molar-refractivity contribution in [3.63, 3.8) is 0 Å². The summed E-state index contributed by atoms with van der Waals surface area (Å²) in [6, 6.07) is 6.10. The Kier molecular flexibility index (Phi) is 2.64. The fourth-order valence-corrected chi connectivity index (χ4v) is 3.39. The van der Waals surface area contributed by atoms with Crippen molar-refractivity contribution in [1.82, 2.24) is 15.3 Å². The summed E-state index contributed by atoms with van der Waals surface area (Å²) in [6.07, 6.45) is 3.29. The van der Waals surface area contributed by atoms with E-state index in [2.05, 4.69) is 22.4 Å². The normalized spacial score (nSPS) is 18.4. The first-order chi connectivity index (χ1) is 9.31. The number of nitrogens with zero attached hydrogens (tertiary/aromatic N) is 1. The molecule has 0 unspecified atom stereocenters. The van der Waals surface area contributed by atoms with Gasteiger partial charge in [0.15, 0.2) is 0 Å². The molecule has 2 aliphatic rings. The number of aromatic nitrogens is 2. The highest BCUT2D eigenvalue weighted by molar-refractivity contribution is 6.30. The molecule has 4 heteroatoms. The fourth-order valence-electron chi connectivity index (χ4n) is 3.20. The van der Waals surface area contributed by atoms with Crippen molar-refractivity contribution < 1.29 is 0 Å². The highest BCUT2D eigenvalue weighted by atomic mass is 35.5. The van der Waals surface area contributed by atoms with E-state index >= 15 is 0 Å². The molecule has 0 amide bonds. The molecular weight excluding hydrogens is 258 g/mol. The van der Waals surface area contributed by atoms with Crippen LogP contribution in [0.5, 0.6) is 0 Å². The number of aromatic amines is 1. The fraction of sp³-hybridized carbons (Fsp3) is 0.400. The Morgan fingerprint density at radius 2 is 2.05 bits per heavy atom. The molecule has 19 heavy (non-hydrogen) atoms. The Labute approximate surface area is 117 Å². The van der Waals surface area contributed by atoms with Gasteiger partial charge < -0.3 is 10.3 Å². The molecule has 1 aliphatic carbocycles. The molecule has 4 rings (SSSR count). The molecule has 0 radical (unpaired) electrons. The first-order valence-electron chi connectivity index (χ1n) is 6.89. The summed E-state index contributed by atoms with van der Waals surface area (Å²) < 4.78 is 0. The highest BCUT2D eigenvalue weighted by Gasteiger charge is 2.26. The molecule has 1 aliphatic heterocycles. The molecule has 1 fully saturated rings. The maximum absolute atomic E-state index is 6.05. The lowest BCUT2D eigenvalue weighted by Gasteiger charge is -2.20. The van der Waals surface area contributed by atoms with Crippen LogP contribution in [-0.4, -0.2) is 23.1 Å². The number of hydrogen-bond acceptors (Lipinski definition) is 2. The Bertz CT molecular complexity index is 626. The SMILES string of the molecule is Clc1ccc2c(c1)Cc1[nH]c(C3CCNCC3)nc1-2. The first-order valence-corrected chi connectivity index (χ1v) is 7.27. The summed E-state index contributed by atoms with van der Waals surface area (Å²) >= 11 is 6.05. The third-order valence-electron chi connectivity index (χ3n) is 4.21. The molecule has 1 saturated heterocycles. The van der Waals surface area contributed by atoms with E-state index in [0.29, 0.717) is 5.92 Å². The molecule has 0 bridgehead atoms. The van der Waals surface area contributed by atoms with Crippen LogP contribution in [0.3, 0.4) is 0 Å². The maximum Gasteiger partial charge on any atom is 0.110 e. The number of halogens is 1. The van der Waals surface area contributed by atoms with E-state index in [1.807, 2.05) is 6.07 Å². The third kappa shape index (κ3) is 1.88. The van der Waals surface area contributed by atoms with Gasteiger partial charge in [0.25, 0.3) is 0 Å². The van der Waals surface area contributed by atoms with Crippen LogP contribution in [0.15, 0.2) is 18.2 Å². The summed E-state index contributed by atoms with van der Waals surface area (Å²) in [5.74, 6) is 1.76. The second-order valence-corrected chi connectivity index (χ2v) is 5.89. The summed E-state index contributed by atoms with van der Waals surface area (Å²) in [5, 5.41) is 4.21. The van der Waals surface area contributed by atoms with E-state index in [4.69, 9.17) is 16.6 Å². The number of hydrogen-bond donors (Lipinski definition) is 2. The minimum Gasteiger partial charge on any atom is -0.345 e. The number of imidazole rings is 1. The van der Waals surface area contributed by atoms with Gasteiger partial charge in [0.2, 0.25) is 0 Å². The van der Waals surface area contributed by atoms with Gasteiger partial charge in [-0.25, -0.2) is 4.98 Å². The zero-order chi connectivity index (χ0) is 12.8. The van der Waals surface area contributed by atoms with Gasteiger partial charge in [-0.2, -0.15) is 0 Å². The Balaban J connectivity index is 1.71. The lowest BCUT2D eigenvalue weighted by molar-refractivity contribution is 0.447. The van der Waals surface area contributed by atoms with Crippen LogP contribution in [0.1, 0.15) is 35.8 Å². The van der Waals surface area contributed by atoms with Crippen LogP contribution in [-0.2, 0) is 6.42 Å². The topological polar surface area (TPSA) is 40.7 Å². The van der Waals surface area contributed by atoms with Gasteiger partial charge in [-0.3, -0.25) is 0 Å². The molecule has 2 aromatic rings. The Morgan fingerprint density at radius 3 is 2.89 bits per heavy atom. The van der Waals surface area contributed by atoms with Crippen LogP contribution in [0.2, 0.25) is 5.02 Å². The van der Waals surface area contributed by atoms with Gasteiger partial charge in [0, 0.05) is 28.6 Å². The molecule has 0 spiro atoms. The summed E-state index contributed by atoms with van der Waals surface area (Å²) in [5.41, 5.74) is 4.93. The molecule has 1 aromatic carbocycles. The maximum atomic E-state index is 6.05. The third-order valence-corrected chi connectivity index (χ3v) is 4.45. The minimum atomic E-state index is 0.586. The number of fused-ring (bicyclic) bond motifs is 3. The van der Waals surface area contributed by atoms with E-state index in [-0.39, 0.29) is 0 Å². The molecular formula is C15H16ClN3. The number of piperidine rings is 1. The summed E-state index contributed by atoms with van der Waals surface area (Å²) in [7, 11) is 0. The number of rotatable bonds is 1. The van der Waals surface area contributed by atoms with Gasteiger partial charge in [0.05, 0.1) is 5.69 Å². The van der Waals surface area contributed by atoms with E-state index in [0.717, 1.165) is 30.2 Å². The van der Waals surface area contributed by atoms with Gasteiger partial charge in [0.1, 0.15) is 5.82 Å². The lowest BCUT2D eigenvalue weighted by Crippen LogP contribution is -2.27. The molecule has 98 valence electrons. The summed E-state index contributed by atoms with van der Waals surface area (Å²) in [4.78, 5) is 8.41. The monoisotopic (exact) mass is 273 g/mol. The van der Waals surface area contributed by atoms with Gasteiger partial charge in [-0.05, 0) is 43.6 Å². The first kappa shape index (κ1) is 11.5.